The molecule has 0 bridgehead atoms. The van der Waals surface area contributed by atoms with E-state index < -0.39 is 0 Å². The second-order valence-electron chi connectivity index (χ2n) is 7.70. The van der Waals surface area contributed by atoms with Crippen LogP contribution in [0.4, 0.5) is 11.4 Å². The molecule has 1 aliphatic heterocycles. The van der Waals surface area contributed by atoms with Gasteiger partial charge in [0.1, 0.15) is 0 Å². The average molecular weight is 388 g/mol. The number of rotatable bonds is 4. The number of aryl methyl sites for hydroxylation is 1. The van der Waals surface area contributed by atoms with E-state index in [4.69, 9.17) is 0 Å². The van der Waals surface area contributed by atoms with Crippen molar-refractivity contribution in [1.82, 2.24) is 0 Å². The Hall–Kier alpha value is -3.21. The van der Waals surface area contributed by atoms with Gasteiger partial charge in [-0.05, 0) is 49.9 Å². The van der Waals surface area contributed by atoms with Crippen LogP contribution in [0, 0.1) is 11.8 Å². The van der Waals surface area contributed by atoms with Crippen LogP contribution in [-0.4, -0.2) is 17.7 Å². The second kappa shape index (κ2) is 7.66. The maximum atomic E-state index is 13.1. The van der Waals surface area contributed by atoms with E-state index in [0.29, 0.717) is 24.1 Å². The van der Waals surface area contributed by atoms with Crippen LogP contribution >= 0.6 is 0 Å². The van der Waals surface area contributed by atoms with Crippen molar-refractivity contribution in [3.63, 3.8) is 0 Å². The summed E-state index contributed by atoms with van der Waals surface area (Å²) in [5.74, 6) is -1.40. The molecule has 29 heavy (non-hydrogen) atoms. The van der Waals surface area contributed by atoms with Crippen molar-refractivity contribution in [3.8, 4) is 0 Å². The van der Waals surface area contributed by atoms with Gasteiger partial charge in [0.15, 0.2) is 0 Å². The molecular weight excluding hydrogens is 364 g/mol. The van der Waals surface area contributed by atoms with E-state index in [9.17, 15) is 14.4 Å². The van der Waals surface area contributed by atoms with Crippen LogP contribution in [0.15, 0.2) is 60.2 Å². The van der Waals surface area contributed by atoms with E-state index >= 15 is 0 Å². The van der Waals surface area contributed by atoms with E-state index in [1.54, 1.807) is 24.3 Å². The minimum Gasteiger partial charge on any atom is -0.322 e. The van der Waals surface area contributed by atoms with Gasteiger partial charge in [-0.1, -0.05) is 48.9 Å². The third-order valence-electron chi connectivity index (χ3n) is 5.86. The number of amides is 3. The average Bonchev–Trinajstić information content (AvgIpc) is 2.98. The summed E-state index contributed by atoms with van der Waals surface area (Å²) in [5, 5.41) is 2.94. The Morgan fingerprint density at radius 1 is 1.03 bits per heavy atom. The normalized spacial score (nSPS) is 21.0. The fraction of sp³-hybridized carbons (Fsp3) is 0.292. The summed E-state index contributed by atoms with van der Waals surface area (Å²) < 4.78 is 0. The van der Waals surface area contributed by atoms with Crippen LogP contribution in [0.3, 0.4) is 0 Å². The van der Waals surface area contributed by atoms with Gasteiger partial charge in [0.25, 0.3) is 5.91 Å². The van der Waals surface area contributed by atoms with Crippen LogP contribution in [0.2, 0.25) is 0 Å². The topological polar surface area (TPSA) is 66.5 Å². The highest BCUT2D eigenvalue weighted by Crippen LogP contribution is 2.40. The predicted molar refractivity (Wildman–Crippen MR) is 113 cm³/mol. The van der Waals surface area contributed by atoms with E-state index in [-0.39, 0.29) is 29.6 Å². The lowest BCUT2D eigenvalue weighted by Gasteiger charge is -2.19. The van der Waals surface area contributed by atoms with Gasteiger partial charge in [0.2, 0.25) is 11.8 Å². The molecule has 1 heterocycles. The van der Waals surface area contributed by atoms with Gasteiger partial charge in [-0.3, -0.25) is 14.4 Å². The predicted octanol–water partition coefficient (Wildman–Crippen LogP) is 4.35. The zero-order valence-electron chi connectivity index (χ0n) is 16.6. The first-order chi connectivity index (χ1) is 14.0. The summed E-state index contributed by atoms with van der Waals surface area (Å²) in [6.45, 7) is 4.02. The smallest absolute Gasteiger partial charge is 0.257 e. The number of nitrogens with one attached hydrogen (secondary N) is 1. The number of nitrogens with zero attached hydrogens (tertiary/aromatic N) is 1. The zero-order valence-corrected chi connectivity index (χ0v) is 16.6. The molecule has 0 saturated carbocycles. The molecule has 4 rings (SSSR count). The number of benzene rings is 2. The highest BCUT2D eigenvalue weighted by Gasteiger charge is 2.49. The fourth-order valence-electron chi connectivity index (χ4n) is 4.28. The first-order valence-electron chi connectivity index (χ1n) is 10.0. The second-order valence-corrected chi connectivity index (χ2v) is 7.70. The first kappa shape index (κ1) is 19.1. The summed E-state index contributed by atoms with van der Waals surface area (Å²) in [6, 6.07) is 14.4. The quantitative estimate of drug-likeness (QED) is 0.626. The minimum atomic E-state index is -0.330. The molecule has 2 aromatic carbocycles. The summed E-state index contributed by atoms with van der Waals surface area (Å²) in [6.07, 6.45) is 4.01. The Balaban J connectivity index is 1.66. The standard InChI is InChI=1S/C24H24N2O3/c1-3-16-8-4-6-10-20(16)25-22(27)18-9-5-7-11-21(18)26-23(28)17-13-12-15(2)14-19(17)24(26)29/h4-12,17,19H,3,13-14H2,1-2H3,(H,25,27)/t17-,19-/m1/s1. The van der Waals surface area contributed by atoms with Crippen LogP contribution < -0.4 is 10.2 Å². The van der Waals surface area contributed by atoms with Crippen molar-refractivity contribution >= 4 is 29.1 Å². The number of anilines is 2. The van der Waals surface area contributed by atoms with E-state index in [2.05, 4.69) is 5.32 Å². The third kappa shape index (κ3) is 3.37. The van der Waals surface area contributed by atoms with Crippen LogP contribution in [0.5, 0.6) is 0 Å². The molecule has 0 radical (unpaired) electrons. The van der Waals surface area contributed by atoms with Gasteiger partial charge < -0.3 is 5.32 Å². The fourth-order valence-corrected chi connectivity index (χ4v) is 4.28. The molecule has 1 fully saturated rings. The first-order valence-corrected chi connectivity index (χ1v) is 10.0. The number of hydrogen-bond acceptors (Lipinski definition) is 3. The number of para-hydroxylation sites is 2. The SMILES string of the molecule is CCc1ccccc1NC(=O)c1ccccc1N1C(=O)[C@@H]2CC=C(C)C[C@H]2C1=O. The Bertz CT molecular complexity index is 1020. The lowest BCUT2D eigenvalue weighted by atomic mass is 9.82. The molecule has 2 atom stereocenters. The highest BCUT2D eigenvalue weighted by atomic mass is 16.2. The molecule has 1 N–H and O–H groups in total. The molecule has 5 nitrogen and oxygen atoms in total. The maximum absolute atomic E-state index is 13.1. The summed E-state index contributed by atoms with van der Waals surface area (Å²) in [5.41, 5.74) is 3.59. The number of fused-ring (bicyclic) bond motifs is 1. The molecule has 5 heteroatoms. The van der Waals surface area contributed by atoms with E-state index in [1.807, 2.05) is 44.2 Å². The monoisotopic (exact) mass is 388 g/mol. The summed E-state index contributed by atoms with van der Waals surface area (Å²) >= 11 is 0. The molecule has 0 aromatic heterocycles. The van der Waals surface area contributed by atoms with Crippen molar-refractivity contribution in [2.45, 2.75) is 33.1 Å². The zero-order chi connectivity index (χ0) is 20.5. The molecule has 148 valence electrons. The third-order valence-corrected chi connectivity index (χ3v) is 5.86. The Kier molecular flexibility index (Phi) is 5.05. The number of carbonyl (C=O) groups excluding carboxylic acids is 3. The lowest BCUT2D eigenvalue weighted by molar-refractivity contribution is -0.122. The molecule has 1 saturated heterocycles. The van der Waals surface area contributed by atoms with Crippen molar-refractivity contribution in [2.24, 2.45) is 11.8 Å². The molecule has 1 aliphatic carbocycles. The Labute approximate surface area is 170 Å². The minimum absolute atomic E-state index is 0.207. The van der Waals surface area contributed by atoms with Crippen molar-refractivity contribution < 1.29 is 14.4 Å². The van der Waals surface area contributed by atoms with Crippen LogP contribution in [-0.2, 0) is 16.0 Å². The summed E-state index contributed by atoms with van der Waals surface area (Å²) in [7, 11) is 0. The van der Waals surface area contributed by atoms with Crippen molar-refractivity contribution in [2.75, 3.05) is 10.2 Å². The molecule has 2 aromatic rings. The van der Waals surface area contributed by atoms with Crippen molar-refractivity contribution in [3.05, 3.63) is 71.3 Å². The molecule has 0 spiro atoms. The van der Waals surface area contributed by atoms with Gasteiger partial charge >= 0.3 is 0 Å². The Morgan fingerprint density at radius 3 is 2.52 bits per heavy atom. The lowest BCUT2D eigenvalue weighted by Crippen LogP contribution is -2.33. The molecule has 0 unspecified atom stereocenters. The Morgan fingerprint density at radius 2 is 1.72 bits per heavy atom. The van der Waals surface area contributed by atoms with Crippen LogP contribution in [0.25, 0.3) is 0 Å². The number of hydrogen-bond donors (Lipinski definition) is 1. The van der Waals surface area contributed by atoms with Crippen molar-refractivity contribution in [1.29, 1.82) is 0 Å². The van der Waals surface area contributed by atoms with Gasteiger partial charge in [0, 0.05) is 5.69 Å². The largest absolute Gasteiger partial charge is 0.322 e. The number of carbonyl (C=O) groups is 3. The summed E-state index contributed by atoms with van der Waals surface area (Å²) in [4.78, 5) is 40.4. The van der Waals surface area contributed by atoms with E-state index in [0.717, 1.165) is 23.2 Å². The van der Waals surface area contributed by atoms with Gasteiger partial charge in [0.05, 0.1) is 23.1 Å². The molecule has 2 aliphatic rings. The number of allylic oxidation sites excluding steroid dienone is 2. The molecular formula is C24H24N2O3. The van der Waals surface area contributed by atoms with Crippen LogP contribution in [0.1, 0.15) is 42.6 Å². The van der Waals surface area contributed by atoms with Gasteiger partial charge in [-0.15, -0.1) is 0 Å². The number of imide groups is 1. The van der Waals surface area contributed by atoms with Gasteiger partial charge in [-0.25, -0.2) is 4.90 Å². The maximum Gasteiger partial charge on any atom is 0.257 e. The van der Waals surface area contributed by atoms with Gasteiger partial charge in [-0.2, -0.15) is 0 Å². The van der Waals surface area contributed by atoms with E-state index in [1.165, 1.54) is 4.90 Å². The molecule has 3 amide bonds. The highest BCUT2D eigenvalue weighted by molar-refractivity contribution is 6.25.